The lowest BCUT2D eigenvalue weighted by atomic mass is 10.0. The summed E-state index contributed by atoms with van der Waals surface area (Å²) < 4.78 is 61.2. The van der Waals surface area contributed by atoms with Crippen LogP contribution in [0.5, 0.6) is 0 Å². The molecule has 0 bridgehead atoms. The maximum absolute atomic E-state index is 13.0. The molecule has 18 heteroatoms. The Balaban J connectivity index is 4.53. The maximum atomic E-state index is 13.0. The predicted octanol–water partition coefficient (Wildman–Crippen LogP) is 24.2. The standard InChI is InChI=1S/C87H146O16P2/c1-4-7-10-13-16-19-22-25-28-30-32-34-36-37-38-39-40-41-42-43-45-47-48-50-53-55-58-61-64-67-70-73-85(90)97-76-82(88)77-99-104(93,94)100-78-83(89)79-101-105(95,96)102-81-84(103-87(92)75-72-69-66-63-60-57-52-27-24-21-18-15-12-9-6-3)80-98-86(91)74-71-68-65-62-59-56-54-51-49-46-44-35-33-31-29-26-23-20-17-14-11-8-5-2/h7-8,10-11,16-21,25-29,32-35,37-38,40-41,46,49,52,82-84,88-89H,4-6,9,12-15,22-24,30-31,36,39,42-45,47-48,50-51,53-81H2,1-3H3,(H,93,94)(H,95,96)/b10-7-,11-8-,19-16-,20-17-,21-18-,28-25-,29-26-,34-32-,35-33-,38-37-,41-40-,49-46-,52-27-. The van der Waals surface area contributed by atoms with Gasteiger partial charge in [-0.3, -0.25) is 32.5 Å². The number of phosphoric ester groups is 2. The number of carbonyl (C=O) groups excluding carboxylic acids is 3. The van der Waals surface area contributed by atoms with Crippen molar-refractivity contribution in [3.63, 3.8) is 0 Å². The summed E-state index contributed by atoms with van der Waals surface area (Å²) in [6.07, 6.45) is 98.6. The first-order chi connectivity index (χ1) is 51.2. The van der Waals surface area contributed by atoms with Crippen molar-refractivity contribution in [3.05, 3.63) is 158 Å². The lowest BCUT2D eigenvalue weighted by molar-refractivity contribution is -0.161. The highest BCUT2D eigenvalue weighted by atomic mass is 31.2. The SMILES string of the molecule is CC/C=C\C/C=C\C/C=C\C/C=C\C/C=C\C/C=C\CCCCCCCCCCCCCCC(=O)OCC(O)COP(=O)(O)OCC(O)COP(=O)(O)OCC(COC(=O)CCCCCCCCC/C=C\C/C=C\C/C=C\C/C=C\C/C=C\CC)OC(=O)CCCCCCC/C=C\C/C=C\CCCCC. The predicted molar refractivity (Wildman–Crippen MR) is 435 cm³/mol. The first kappa shape index (κ1) is 100. The second-order valence-electron chi connectivity index (χ2n) is 26.8. The van der Waals surface area contributed by atoms with Gasteiger partial charge in [-0.25, -0.2) is 9.13 Å². The van der Waals surface area contributed by atoms with E-state index in [1.807, 2.05) is 0 Å². The molecule has 105 heavy (non-hydrogen) atoms. The van der Waals surface area contributed by atoms with Gasteiger partial charge in [0.15, 0.2) is 6.10 Å². The van der Waals surface area contributed by atoms with Gasteiger partial charge in [0.2, 0.25) is 0 Å². The topological polar surface area (TPSA) is 231 Å². The van der Waals surface area contributed by atoms with Crippen LogP contribution in [0.25, 0.3) is 0 Å². The molecule has 0 radical (unpaired) electrons. The van der Waals surface area contributed by atoms with Crippen molar-refractivity contribution >= 4 is 33.6 Å². The van der Waals surface area contributed by atoms with Crippen LogP contribution in [-0.2, 0) is 55.8 Å². The Morgan fingerprint density at radius 3 is 0.800 bits per heavy atom. The van der Waals surface area contributed by atoms with Gasteiger partial charge in [-0.2, -0.15) is 0 Å². The van der Waals surface area contributed by atoms with Gasteiger partial charge >= 0.3 is 33.6 Å². The molecule has 0 aliphatic carbocycles. The van der Waals surface area contributed by atoms with E-state index in [2.05, 4.69) is 179 Å². The van der Waals surface area contributed by atoms with Crippen molar-refractivity contribution in [2.45, 2.75) is 334 Å². The second-order valence-corrected chi connectivity index (χ2v) is 29.7. The Bertz CT molecular complexity index is 2540. The fourth-order valence-electron chi connectivity index (χ4n) is 10.6. The first-order valence-electron chi connectivity index (χ1n) is 40.8. The molecule has 0 spiro atoms. The van der Waals surface area contributed by atoms with Crippen LogP contribution in [0.4, 0.5) is 0 Å². The molecule has 0 amide bonds. The van der Waals surface area contributed by atoms with Crippen molar-refractivity contribution in [3.8, 4) is 0 Å². The number of rotatable bonds is 76. The van der Waals surface area contributed by atoms with E-state index in [0.717, 1.165) is 186 Å². The van der Waals surface area contributed by atoms with Gasteiger partial charge in [0.05, 0.1) is 26.4 Å². The lowest BCUT2D eigenvalue weighted by Crippen LogP contribution is -2.30. The summed E-state index contributed by atoms with van der Waals surface area (Å²) in [6, 6.07) is 0. The summed E-state index contributed by atoms with van der Waals surface area (Å²) in [4.78, 5) is 58.7. The first-order valence-corrected chi connectivity index (χ1v) is 43.8. The van der Waals surface area contributed by atoms with Gasteiger partial charge in [0, 0.05) is 19.3 Å². The number of unbranched alkanes of at least 4 members (excludes halogenated alkanes) is 27. The minimum Gasteiger partial charge on any atom is -0.463 e. The summed E-state index contributed by atoms with van der Waals surface area (Å²) >= 11 is 0. The minimum atomic E-state index is -4.94. The molecule has 0 aromatic rings. The van der Waals surface area contributed by atoms with Crippen LogP contribution in [-0.4, -0.2) is 95.9 Å². The maximum Gasteiger partial charge on any atom is 0.472 e. The molecule has 4 N–H and O–H groups in total. The van der Waals surface area contributed by atoms with Crippen molar-refractivity contribution in [2.24, 2.45) is 0 Å². The third-order valence-electron chi connectivity index (χ3n) is 16.7. The van der Waals surface area contributed by atoms with Crippen LogP contribution in [0.3, 0.4) is 0 Å². The van der Waals surface area contributed by atoms with Crippen LogP contribution in [0.15, 0.2) is 158 Å². The molecular weight excluding hydrogens is 1360 g/mol. The summed E-state index contributed by atoms with van der Waals surface area (Å²) in [5.74, 6) is -1.61. The summed E-state index contributed by atoms with van der Waals surface area (Å²) in [6.45, 7) is 2.40. The lowest BCUT2D eigenvalue weighted by Gasteiger charge is -2.21. The molecule has 600 valence electrons. The summed E-state index contributed by atoms with van der Waals surface area (Å²) in [5, 5.41) is 20.7. The molecule has 0 saturated heterocycles. The number of hydrogen-bond acceptors (Lipinski definition) is 14. The molecule has 0 rings (SSSR count). The Morgan fingerprint density at radius 2 is 0.505 bits per heavy atom. The van der Waals surface area contributed by atoms with Gasteiger partial charge in [-0.1, -0.05) is 307 Å². The number of esters is 3. The largest absolute Gasteiger partial charge is 0.472 e. The van der Waals surface area contributed by atoms with E-state index >= 15 is 0 Å². The van der Waals surface area contributed by atoms with Crippen molar-refractivity contribution < 1.29 is 75.8 Å². The minimum absolute atomic E-state index is 0.0822. The van der Waals surface area contributed by atoms with Crippen molar-refractivity contribution in [1.82, 2.24) is 0 Å². The van der Waals surface area contributed by atoms with E-state index in [1.165, 1.54) is 70.6 Å². The molecular formula is C87H146O16P2. The number of hydrogen-bond donors (Lipinski definition) is 4. The van der Waals surface area contributed by atoms with Crippen LogP contribution in [0, 0.1) is 0 Å². The van der Waals surface area contributed by atoms with E-state index in [9.17, 15) is 43.5 Å². The molecule has 0 aliphatic rings. The number of ether oxygens (including phenoxy) is 3. The van der Waals surface area contributed by atoms with Crippen LogP contribution in [0.1, 0.15) is 316 Å². The molecule has 0 fully saturated rings. The fourth-order valence-corrected chi connectivity index (χ4v) is 12.2. The van der Waals surface area contributed by atoms with Gasteiger partial charge in [-0.15, -0.1) is 0 Å². The van der Waals surface area contributed by atoms with Crippen LogP contribution < -0.4 is 0 Å². The van der Waals surface area contributed by atoms with E-state index < -0.39 is 91.5 Å². The average Bonchev–Trinajstić information content (AvgIpc) is 0.965. The highest BCUT2D eigenvalue weighted by Gasteiger charge is 2.29. The van der Waals surface area contributed by atoms with E-state index in [1.54, 1.807) is 0 Å². The molecule has 5 atom stereocenters. The third kappa shape index (κ3) is 80.0. The zero-order chi connectivity index (χ0) is 76.6. The molecule has 0 aliphatic heterocycles. The Hall–Kier alpha value is -4.83. The van der Waals surface area contributed by atoms with Gasteiger partial charge in [0.25, 0.3) is 0 Å². The second kappa shape index (κ2) is 78.7. The molecule has 5 unspecified atom stereocenters. The number of phosphoric acid groups is 2. The van der Waals surface area contributed by atoms with Gasteiger partial charge in [0.1, 0.15) is 25.4 Å². The highest BCUT2D eigenvalue weighted by Crippen LogP contribution is 2.45. The van der Waals surface area contributed by atoms with E-state index in [-0.39, 0.29) is 19.3 Å². The normalized spacial score (nSPS) is 14.8. The average molecular weight is 1510 g/mol. The third-order valence-corrected chi connectivity index (χ3v) is 18.6. The van der Waals surface area contributed by atoms with E-state index in [4.69, 9.17) is 32.3 Å². The molecule has 0 aromatic carbocycles. The summed E-state index contributed by atoms with van der Waals surface area (Å²) in [7, 11) is -9.81. The van der Waals surface area contributed by atoms with Crippen LogP contribution >= 0.6 is 15.6 Å². The number of carbonyl (C=O) groups is 3. The molecule has 0 aromatic heterocycles. The van der Waals surface area contributed by atoms with E-state index in [0.29, 0.717) is 19.3 Å². The highest BCUT2D eigenvalue weighted by molar-refractivity contribution is 7.47. The van der Waals surface area contributed by atoms with Crippen LogP contribution in [0.2, 0.25) is 0 Å². The smallest absolute Gasteiger partial charge is 0.463 e. The quantitative estimate of drug-likeness (QED) is 0.0146. The summed E-state index contributed by atoms with van der Waals surface area (Å²) in [5.41, 5.74) is 0. The molecule has 0 saturated carbocycles. The van der Waals surface area contributed by atoms with Crippen molar-refractivity contribution in [1.29, 1.82) is 0 Å². The molecule has 0 heterocycles. The van der Waals surface area contributed by atoms with Gasteiger partial charge in [-0.05, 0) is 148 Å². The fraction of sp³-hybridized carbons (Fsp3) is 0.667. The zero-order valence-corrected chi connectivity index (χ0v) is 67.4. The number of allylic oxidation sites excluding steroid dienone is 26. The Morgan fingerprint density at radius 1 is 0.276 bits per heavy atom. The zero-order valence-electron chi connectivity index (χ0n) is 65.6. The number of aliphatic hydroxyl groups excluding tert-OH is 2. The van der Waals surface area contributed by atoms with Crippen molar-refractivity contribution in [2.75, 3.05) is 39.6 Å². The number of aliphatic hydroxyl groups is 2. The molecule has 16 nitrogen and oxygen atoms in total. The van der Waals surface area contributed by atoms with Gasteiger partial charge < -0.3 is 34.2 Å². The monoisotopic (exact) mass is 1510 g/mol. The Kier molecular flexibility index (Phi) is 75.1. The Labute approximate surface area is 638 Å².